The van der Waals surface area contributed by atoms with E-state index in [2.05, 4.69) is 22.3 Å². The van der Waals surface area contributed by atoms with Crippen LogP contribution in [0, 0.1) is 19.3 Å². The second-order valence-corrected chi connectivity index (χ2v) is 2.19. The number of aliphatic imine (C=N–C) groups is 1. The Hall–Kier alpha value is -1.49. The van der Waals surface area contributed by atoms with Gasteiger partial charge in [-0.2, -0.15) is 0 Å². The van der Waals surface area contributed by atoms with Crippen LogP contribution in [0.1, 0.15) is 19.4 Å². The standard InChI is InChI=1S/C7H10N2.C3H4/c1-3-8-7-6(2)4-5-9-7;1-3-2/h3-5,9H,1-2H3;1H,2H3/b8-3-;. The van der Waals surface area contributed by atoms with Crippen LogP contribution in [-0.4, -0.2) is 11.2 Å². The summed E-state index contributed by atoms with van der Waals surface area (Å²) in [4.78, 5) is 7.09. The maximum absolute atomic E-state index is 4.60. The fourth-order valence-electron chi connectivity index (χ4n) is 0.707. The van der Waals surface area contributed by atoms with E-state index in [0.29, 0.717) is 0 Å². The molecule has 0 saturated carbocycles. The highest BCUT2D eigenvalue weighted by Gasteiger charge is 1.91. The summed E-state index contributed by atoms with van der Waals surface area (Å²) in [5.74, 6) is 3.21. The van der Waals surface area contributed by atoms with Gasteiger partial charge in [-0.1, -0.05) is 0 Å². The lowest BCUT2D eigenvalue weighted by molar-refractivity contribution is 1.31. The zero-order valence-corrected chi connectivity index (χ0v) is 7.76. The molecule has 2 heteroatoms. The molecule has 12 heavy (non-hydrogen) atoms. The predicted octanol–water partition coefficient (Wildman–Crippen LogP) is 2.68. The molecule has 0 spiro atoms. The van der Waals surface area contributed by atoms with Crippen LogP contribution in [0.2, 0.25) is 0 Å². The summed E-state index contributed by atoms with van der Waals surface area (Å²) in [5, 5.41) is 0. The first-order valence-corrected chi connectivity index (χ1v) is 3.76. The third kappa shape index (κ3) is 3.62. The van der Waals surface area contributed by atoms with Gasteiger partial charge in [-0.3, -0.25) is 0 Å². The Kier molecular flexibility index (Phi) is 5.46. The van der Waals surface area contributed by atoms with Crippen molar-refractivity contribution in [2.45, 2.75) is 20.8 Å². The number of aromatic amines is 1. The smallest absolute Gasteiger partial charge is 0.132 e. The van der Waals surface area contributed by atoms with Crippen LogP contribution in [0.3, 0.4) is 0 Å². The van der Waals surface area contributed by atoms with E-state index in [1.807, 2.05) is 26.1 Å². The molecule has 0 unspecified atom stereocenters. The molecule has 0 aliphatic rings. The summed E-state index contributed by atoms with van der Waals surface area (Å²) >= 11 is 0. The summed E-state index contributed by atoms with van der Waals surface area (Å²) in [5.41, 5.74) is 1.19. The molecule has 0 aliphatic heterocycles. The molecule has 1 rings (SSSR count). The molecule has 1 aromatic heterocycles. The van der Waals surface area contributed by atoms with Crippen LogP contribution >= 0.6 is 0 Å². The lowest BCUT2D eigenvalue weighted by Gasteiger charge is -1.85. The molecule has 0 atom stereocenters. The van der Waals surface area contributed by atoms with Crippen LogP contribution in [-0.2, 0) is 0 Å². The van der Waals surface area contributed by atoms with Gasteiger partial charge in [0.2, 0.25) is 0 Å². The molecule has 2 nitrogen and oxygen atoms in total. The number of rotatable bonds is 1. The van der Waals surface area contributed by atoms with Crippen molar-refractivity contribution in [1.82, 2.24) is 4.98 Å². The third-order valence-electron chi connectivity index (χ3n) is 1.19. The van der Waals surface area contributed by atoms with Crippen LogP contribution in [0.5, 0.6) is 0 Å². The van der Waals surface area contributed by atoms with Crippen LogP contribution in [0.25, 0.3) is 0 Å². The van der Waals surface area contributed by atoms with E-state index in [-0.39, 0.29) is 0 Å². The molecule has 0 radical (unpaired) electrons. The number of hydrogen-bond acceptors (Lipinski definition) is 1. The number of H-pyrrole nitrogens is 1. The summed E-state index contributed by atoms with van der Waals surface area (Å²) in [6.45, 7) is 5.58. The highest BCUT2D eigenvalue weighted by atomic mass is 14.9. The molecule has 1 aromatic rings. The molecule has 0 bridgehead atoms. The van der Waals surface area contributed by atoms with Crippen LogP contribution in [0.4, 0.5) is 5.82 Å². The van der Waals surface area contributed by atoms with E-state index < -0.39 is 0 Å². The molecule has 64 valence electrons. The van der Waals surface area contributed by atoms with E-state index in [9.17, 15) is 0 Å². The summed E-state index contributed by atoms with van der Waals surface area (Å²) < 4.78 is 0. The quantitative estimate of drug-likeness (QED) is 0.486. The second-order valence-electron chi connectivity index (χ2n) is 2.19. The number of hydrogen-bond donors (Lipinski definition) is 1. The molecular formula is C10H14N2. The Morgan fingerprint density at radius 2 is 2.25 bits per heavy atom. The number of aromatic nitrogens is 1. The molecule has 0 aromatic carbocycles. The van der Waals surface area contributed by atoms with Crippen molar-refractivity contribution >= 4 is 12.0 Å². The lowest BCUT2D eigenvalue weighted by atomic mass is 10.4. The predicted molar refractivity (Wildman–Crippen MR) is 53.9 cm³/mol. The van der Waals surface area contributed by atoms with Gasteiger partial charge >= 0.3 is 0 Å². The number of terminal acetylenes is 1. The summed E-state index contributed by atoms with van der Waals surface area (Å²) in [6.07, 6.45) is 8.26. The normalized spacial score (nSPS) is 8.83. The Morgan fingerprint density at radius 1 is 1.67 bits per heavy atom. The Labute approximate surface area is 73.7 Å². The molecule has 0 saturated heterocycles. The van der Waals surface area contributed by atoms with Crippen molar-refractivity contribution in [3.8, 4) is 12.3 Å². The van der Waals surface area contributed by atoms with Crippen molar-refractivity contribution in [3.05, 3.63) is 17.8 Å². The second kappa shape index (κ2) is 6.23. The maximum atomic E-state index is 4.60. The SMILES string of the molecule is C#CC.C/C=N\c1[nH]ccc1C. The number of nitrogens with one attached hydrogen (secondary N) is 1. The Bertz CT molecular complexity index is 276. The topological polar surface area (TPSA) is 28.1 Å². The largest absolute Gasteiger partial charge is 0.346 e. The van der Waals surface area contributed by atoms with Gasteiger partial charge in [0.1, 0.15) is 5.82 Å². The van der Waals surface area contributed by atoms with Gasteiger partial charge in [-0.25, -0.2) is 4.99 Å². The van der Waals surface area contributed by atoms with E-state index >= 15 is 0 Å². The van der Waals surface area contributed by atoms with Crippen LogP contribution < -0.4 is 0 Å². The van der Waals surface area contributed by atoms with Crippen molar-refractivity contribution in [3.63, 3.8) is 0 Å². The van der Waals surface area contributed by atoms with Gasteiger partial charge in [0.25, 0.3) is 0 Å². The zero-order valence-electron chi connectivity index (χ0n) is 7.76. The fraction of sp³-hybridized carbons (Fsp3) is 0.300. The minimum Gasteiger partial charge on any atom is -0.346 e. The van der Waals surface area contributed by atoms with Crippen molar-refractivity contribution in [2.24, 2.45) is 4.99 Å². The molecule has 1 N–H and O–H groups in total. The first kappa shape index (κ1) is 10.5. The highest BCUT2D eigenvalue weighted by Crippen LogP contribution is 2.12. The third-order valence-corrected chi connectivity index (χ3v) is 1.19. The Balaban J connectivity index is 0.000000354. The molecular weight excluding hydrogens is 148 g/mol. The first-order chi connectivity index (χ1) is 5.76. The first-order valence-electron chi connectivity index (χ1n) is 3.76. The zero-order chi connectivity index (χ0) is 9.40. The number of nitrogens with zero attached hydrogens (tertiary/aromatic N) is 1. The number of aryl methyl sites for hydroxylation is 1. The van der Waals surface area contributed by atoms with Crippen LogP contribution in [0.15, 0.2) is 17.3 Å². The summed E-state index contributed by atoms with van der Waals surface area (Å²) in [7, 11) is 0. The van der Waals surface area contributed by atoms with Crippen molar-refractivity contribution in [2.75, 3.05) is 0 Å². The van der Waals surface area contributed by atoms with E-state index in [1.54, 1.807) is 13.1 Å². The van der Waals surface area contributed by atoms with E-state index in [0.717, 1.165) is 5.82 Å². The van der Waals surface area contributed by atoms with Gasteiger partial charge in [-0.15, -0.1) is 12.3 Å². The van der Waals surface area contributed by atoms with Crippen molar-refractivity contribution < 1.29 is 0 Å². The molecule has 0 fully saturated rings. The van der Waals surface area contributed by atoms with Gasteiger partial charge in [-0.05, 0) is 32.4 Å². The minimum absolute atomic E-state index is 0.956. The van der Waals surface area contributed by atoms with E-state index in [1.165, 1.54) is 5.56 Å². The van der Waals surface area contributed by atoms with Gasteiger partial charge < -0.3 is 4.98 Å². The Morgan fingerprint density at radius 3 is 2.58 bits per heavy atom. The molecule has 1 heterocycles. The van der Waals surface area contributed by atoms with Crippen molar-refractivity contribution in [1.29, 1.82) is 0 Å². The minimum atomic E-state index is 0.956. The van der Waals surface area contributed by atoms with Gasteiger partial charge in [0, 0.05) is 12.4 Å². The summed E-state index contributed by atoms with van der Waals surface area (Å²) in [6, 6.07) is 2.00. The van der Waals surface area contributed by atoms with Gasteiger partial charge in [0.05, 0.1) is 0 Å². The molecule has 0 aliphatic carbocycles. The monoisotopic (exact) mass is 162 g/mol. The van der Waals surface area contributed by atoms with E-state index in [4.69, 9.17) is 0 Å². The average molecular weight is 162 g/mol. The fourth-order valence-corrected chi connectivity index (χ4v) is 0.707. The lowest BCUT2D eigenvalue weighted by Crippen LogP contribution is -1.66. The molecule has 0 amide bonds. The van der Waals surface area contributed by atoms with Gasteiger partial charge in [0.15, 0.2) is 0 Å². The maximum Gasteiger partial charge on any atom is 0.132 e. The average Bonchev–Trinajstić information content (AvgIpc) is 2.39. The highest BCUT2D eigenvalue weighted by molar-refractivity contribution is 5.60.